The summed E-state index contributed by atoms with van der Waals surface area (Å²) in [7, 11) is 5.77. The van der Waals surface area contributed by atoms with Crippen molar-refractivity contribution in [2.75, 3.05) is 27.2 Å². The highest BCUT2D eigenvalue weighted by atomic mass is 16.5. The van der Waals surface area contributed by atoms with Gasteiger partial charge in [-0.2, -0.15) is 4.98 Å². The molecule has 0 aromatic carbocycles. The lowest BCUT2D eigenvalue weighted by molar-refractivity contribution is 0.246. The lowest BCUT2D eigenvalue weighted by Crippen LogP contribution is -2.21. The number of nitrogens with zero attached hydrogens (tertiary/aromatic N) is 5. The summed E-state index contributed by atoms with van der Waals surface area (Å²) in [6.07, 6.45) is 5.09. The molecule has 0 saturated carbocycles. The molecule has 0 spiro atoms. The molecular formula is C15H18N6O2. The highest BCUT2D eigenvalue weighted by Crippen LogP contribution is 2.22. The number of aromatic nitrogens is 5. The lowest BCUT2D eigenvalue weighted by Gasteiger charge is -2.10. The van der Waals surface area contributed by atoms with E-state index in [2.05, 4.69) is 19.9 Å². The van der Waals surface area contributed by atoms with Gasteiger partial charge < -0.3 is 14.2 Å². The SMILES string of the molecule is CN(C)CCOc1nc2c(-c3cn(C)cn3)nccc2c(=O)[nH]1. The molecule has 3 heterocycles. The zero-order valence-corrected chi connectivity index (χ0v) is 13.3. The molecule has 0 fully saturated rings. The normalized spacial score (nSPS) is 11.3. The third kappa shape index (κ3) is 3.21. The van der Waals surface area contributed by atoms with E-state index in [1.165, 1.54) is 0 Å². The summed E-state index contributed by atoms with van der Waals surface area (Å²) >= 11 is 0. The molecule has 8 nitrogen and oxygen atoms in total. The smallest absolute Gasteiger partial charge is 0.297 e. The van der Waals surface area contributed by atoms with Crippen LogP contribution in [-0.2, 0) is 7.05 Å². The topological polar surface area (TPSA) is 88.9 Å². The number of aryl methyl sites for hydroxylation is 1. The minimum absolute atomic E-state index is 0.189. The number of aromatic amines is 1. The average Bonchev–Trinajstić information content (AvgIpc) is 2.93. The van der Waals surface area contributed by atoms with Gasteiger partial charge in [-0.3, -0.25) is 14.8 Å². The molecule has 0 saturated heterocycles. The summed E-state index contributed by atoms with van der Waals surface area (Å²) < 4.78 is 7.36. The predicted octanol–water partition coefficient (Wildman–Crippen LogP) is 0.659. The second-order valence-electron chi connectivity index (χ2n) is 5.50. The first-order valence-corrected chi connectivity index (χ1v) is 7.19. The van der Waals surface area contributed by atoms with E-state index in [0.717, 1.165) is 6.54 Å². The highest BCUT2D eigenvalue weighted by Gasteiger charge is 2.13. The number of nitrogens with one attached hydrogen (secondary N) is 1. The summed E-state index contributed by atoms with van der Waals surface area (Å²) in [6.45, 7) is 1.16. The molecule has 0 aliphatic heterocycles. The van der Waals surface area contributed by atoms with Gasteiger partial charge in [-0.15, -0.1) is 0 Å². The number of rotatable bonds is 5. The Bertz CT molecular complexity index is 883. The van der Waals surface area contributed by atoms with Gasteiger partial charge in [-0.1, -0.05) is 0 Å². The van der Waals surface area contributed by atoms with E-state index in [-0.39, 0.29) is 11.6 Å². The van der Waals surface area contributed by atoms with Crippen LogP contribution in [-0.4, -0.2) is 56.6 Å². The van der Waals surface area contributed by atoms with Gasteiger partial charge in [0.2, 0.25) is 0 Å². The standard InChI is InChI=1S/C15H18N6O2/c1-20(2)6-7-23-15-18-12-10(14(22)19-15)4-5-16-13(12)11-8-21(3)9-17-11/h4-5,8-9H,6-7H2,1-3H3,(H,18,19,22). The summed E-state index contributed by atoms with van der Waals surface area (Å²) in [5.41, 5.74) is 1.45. The first kappa shape index (κ1) is 15.2. The zero-order chi connectivity index (χ0) is 16.4. The first-order valence-electron chi connectivity index (χ1n) is 7.19. The molecule has 0 aliphatic rings. The minimum atomic E-state index is -0.255. The number of fused-ring (bicyclic) bond motifs is 1. The van der Waals surface area contributed by atoms with Crippen molar-refractivity contribution in [2.24, 2.45) is 7.05 Å². The fourth-order valence-corrected chi connectivity index (χ4v) is 2.16. The van der Waals surface area contributed by atoms with E-state index in [0.29, 0.717) is 28.9 Å². The van der Waals surface area contributed by atoms with Gasteiger partial charge in [0.15, 0.2) is 0 Å². The fourth-order valence-electron chi connectivity index (χ4n) is 2.16. The monoisotopic (exact) mass is 314 g/mol. The molecule has 0 radical (unpaired) electrons. The quantitative estimate of drug-likeness (QED) is 0.744. The van der Waals surface area contributed by atoms with Crippen molar-refractivity contribution >= 4 is 10.9 Å². The van der Waals surface area contributed by atoms with Crippen LogP contribution in [0.5, 0.6) is 6.01 Å². The Morgan fingerprint density at radius 1 is 1.35 bits per heavy atom. The lowest BCUT2D eigenvalue weighted by atomic mass is 10.2. The van der Waals surface area contributed by atoms with Crippen LogP contribution in [0.15, 0.2) is 29.6 Å². The summed E-state index contributed by atoms with van der Waals surface area (Å²) in [6, 6.07) is 1.83. The van der Waals surface area contributed by atoms with Crippen molar-refractivity contribution in [1.82, 2.24) is 29.4 Å². The molecule has 0 unspecified atom stereocenters. The van der Waals surface area contributed by atoms with E-state index in [1.54, 1.807) is 18.6 Å². The van der Waals surface area contributed by atoms with Crippen molar-refractivity contribution in [3.05, 3.63) is 35.1 Å². The molecule has 120 valence electrons. The third-order valence-corrected chi connectivity index (χ3v) is 3.33. The fraction of sp³-hybridized carbons (Fsp3) is 0.333. The third-order valence-electron chi connectivity index (χ3n) is 3.33. The molecule has 1 N–H and O–H groups in total. The number of hydrogen-bond acceptors (Lipinski definition) is 6. The molecule has 8 heteroatoms. The van der Waals surface area contributed by atoms with Crippen LogP contribution < -0.4 is 10.3 Å². The van der Waals surface area contributed by atoms with Crippen LogP contribution in [0.25, 0.3) is 22.3 Å². The molecule has 3 rings (SSSR count). The van der Waals surface area contributed by atoms with Crippen molar-refractivity contribution in [3.63, 3.8) is 0 Å². The Kier molecular flexibility index (Phi) is 4.07. The largest absolute Gasteiger partial charge is 0.463 e. The number of ether oxygens (including phenoxy) is 1. The van der Waals surface area contributed by atoms with Crippen LogP contribution in [0.4, 0.5) is 0 Å². The van der Waals surface area contributed by atoms with Crippen LogP contribution in [0.1, 0.15) is 0 Å². The van der Waals surface area contributed by atoms with E-state index in [9.17, 15) is 4.79 Å². The van der Waals surface area contributed by atoms with Gasteiger partial charge in [0.25, 0.3) is 11.6 Å². The first-order chi connectivity index (χ1) is 11.0. The molecular weight excluding hydrogens is 296 g/mol. The molecule has 3 aromatic heterocycles. The molecule has 0 atom stereocenters. The Hall–Kier alpha value is -2.74. The van der Waals surface area contributed by atoms with E-state index < -0.39 is 0 Å². The Morgan fingerprint density at radius 3 is 2.87 bits per heavy atom. The van der Waals surface area contributed by atoms with Crippen LogP contribution in [0.3, 0.4) is 0 Å². The van der Waals surface area contributed by atoms with Crippen molar-refractivity contribution in [1.29, 1.82) is 0 Å². The molecule has 0 aliphatic carbocycles. The maximum Gasteiger partial charge on any atom is 0.297 e. The summed E-state index contributed by atoms with van der Waals surface area (Å²) in [4.78, 5) is 29.9. The molecule has 23 heavy (non-hydrogen) atoms. The molecule has 3 aromatic rings. The maximum atomic E-state index is 12.2. The van der Waals surface area contributed by atoms with Gasteiger partial charge in [0, 0.05) is 26.0 Å². The van der Waals surface area contributed by atoms with Crippen LogP contribution in [0, 0.1) is 0 Å². The summed E-state index contributed by atoms with van der Waals surface area (Å²) in [5.74, 6) is 0. The average molecular weight is 314 g/mol. The second-order valence-corrected chi connectivity index (χ2v) is 5.50. The Labute approximate surface area is 132 Å². The Balaban J connectivity index is 2.04. The number of likely N-dealkylation sites (N-methyl/N-ethyl adjacent to an activating group) is 1. The highest BCUT2D eigenvalue weighted by molar-refractivity contribution is 5.89. The van der Waals surface area contributed by atoms with E-state index >= 15 is 0 Å². The van der Waals surface area contributed by atoms with Crippen LogP contribution in [0.2, 0.25) is 0 Å². The van der Waals surface area contributed by atoms with Crippen molar-refractivity contribution < 1.29 is 4.74 Å². The number of H-pyrrole nitrogens is 1. The van der Waals surface area contributed by atoms with Gasteiger partial charge in [0.1, 0.15) is 23.5 Å². The number of hydrogen-bond donors (Lipinski definition) is 1. The Morgan fingerprint density at radius 2 is 2.17 bits per heavy atom. The minimum Gasteiger partial charge on any atom is -0.463 e. The van der Waals surface area contributed by atoms with Gasteiger partial charge >= 0.3 is 0 Å². The van der Waals surface area contributed by atoms with Gasteiger partial charge in [0.05, 0.1) is 11.7 Å². The van der Waals surface area contributed by atoms with Crippen LogP contribution >= 0.6 is 0 Å². The van der Waals surface area contributed by atoms with Gasteiger partial charge in [-0.25, -0.2) is 4.98 Å². The molecule has 0 amide bonds. The second kappa shape index (κ2) is 6.17. The zero-order valence-electron chi connectivity index (χ0n) is 13.3. The molecule has 0 bridgehead atoms. The predicted molar refractivity (Wildman–Crippen MR) is 86.4 cm³/mol. The maximum absolute atomic E-state index is 12.2. The van der Waals surface area contributed by atoms with Gasteiger partial charge in [-0.05, 0) is 20.2 Å². The van der Waals surface area contributed by atoms with Crippen molar-refractivity contribution in [2.45, 2.75) is 0 Å². The summed E-state index contributed by atoms with van der Waals surface area (Å²) in [5, 5.41) is 0.459. The number of imidazole rings is 1. The van der Waals surface area contributed by atoms with E-state index in [1.807, 2.05) is 36.8 Å². The van der Waals surface area contributed by atoms with Crippen molar-refractivity contribution in [3.8, 4) is 17.4 Å². The number of pyridine rings is 1. The van der Waals surface area contributed by atoms with E-state index in [4.69, 9.17) is 4.74 Å².